The van der Waals surface area contributed by atoms with E-state index >= 15 is 0 Å². The molecule has 8 nitrogen and oxygen atoms in total. The van der Waals surface area contributed by atoms with E-state index in [2.05, 4.69) is 5.32 Å². The summed E-state index contributed by atoms with van der Waals surface area (Å²) in [6.07, 6.45) is 1.44. The molecule has 0 bridgehead atoms. The summed E-state index contributed by atoms with van der Waals surface area (Å²) in [6, 6.07) is 8.39. The smallest absolute Gasteiger partial charge is 0.407 e. The number of carbonyl (C=O) groups is 3. The normalized spacial score (nSPS) is 24.6. The summed E-state index contributed by atoms with van der Waals surface area (Å²) >= 11 is 0. The second-order valence-electron chi connectivity index (χ2n) is 9.27. The molecule has 3 atom stereocenters. The number of nitrogens with two attached hydrogens (primary N) is 1. The molecule has 33 heavy (non-hydrogen) atoms. The highest BCUT2D eigenvalue weighted by molar-refractivity contribution is 5.90. The summed E-state index contributed by atoms with van der Waals surface area (Å²) < 4.78 is 18.9. The van der Waals surface area contributed by atoms with Crippen LogP contribution in [-0.4, -0.2) is 73.1 Å². The zero-order valence-electron chi connectivity index (χ0n) is 19.4. The van der Waals surface area contributed by atoms with Crippen molar-refractivity contribution in [3.8, 4) is 0 Å². The molecule has 1 saturated heterocycles. The van der Waals surface area contributed by atoms with Crippen LogP contribution in [0.5, 0.6) is 0 Å². The molecule has 0 radical (unpaired) electrons. The van der Waals surface area contributed by atoms with Crippen LogP contribution in [0.4, 0.5) is 9.18 Å². The summed E-state index contributed by atoms with van der Waals surface area (Å²) in [4.78, 5) is 40.9. The van der Waals surface area contributed by atoms with Gasteiger partial charge in [0.2, 0.25) is 11.8 Å². The molecule has 3 amide bonds. The molecule has 3 N–H and O–H groups in total. The molecule has 1 aromatic carbocycles. The molecule has 1 heterocycles. The first-order chi connectivity index (χ1) is 15.8. The Hall–Kier alpha value is -2.68. The standard InChI is InChI=1S/C24H35FN4O4/c1-28(2)22(30)20(21(26)23(31)29-13-12-18(25)14-29)17-8-10-19(11-9-17)27-24(32)33-15-16-6-4-3-5-7-16/h3-7,17-21H,8-15,26H2,1-2H3,(H,27,32)/t17?,18-,19?,20-,21-/m0/s1. The fourth-order valence-corrected chi connectivity index (χ4v) is 4.78. The Kier molecular flexibility index (Phi) is 8.66. The minimum atomic E-state index is -1.03. The maximum absolute atomic E-state index is 13.6. The maximum atomic E-state index is 13.6. The van der Waals surface area contributed by atoms with Crippen molar-refractivity contribution in [3.05, 3.63) is 35.9 Å². The molecular weight excluding hydrogens is 427 g/mol. The highest BCUT2D eigenvalue weighted by atomic mass is 19.1. The fraction of sp³-hybridized carbons (Fsp3) is 0.625. The van der Waals surface area contributed by atoms with Crippen LogP contribution < -0.4 is 11.1 Å². The summed E-state index contributed by atoms with van der Waals surface area (Å²) in [5.74, 6) is -1.30. The fourth-order valence-electron chi connectivity index (χ4n) is 4.78. The van der Waals surface area contributed by atoms with Crippen molar-refractivity contribution in [1.82, 2.24) is 15.1 Å². The first-order valence-corrected chi connectivity index (χ1v) is 11.6. The predicted molar refractivity (Wildman–Crippen MR) is 122 cm³/mol. The molecule has 0 spiro atoms. The summed E-state index contributed by atoms with van der Waals surface area (Å²) in [6.45, 7) is 0.574. The molecule has 1 saturated carbocycles. The number of halogens is 1. The lowest BCUT2D eigenvalue weighted by Crippen LogP contribution is -2.54. The van der Waals surface area contributed by atoms with Gasteiger partial charge in [-0.1, -0.05) is 30.3 Å². The Labute approximate surface area is 194 Å². The molecule has 2 fully saturated rings. The second kappa shape index (κ2) is 11.4. The maximum Gasteiger partial charge on any atom is 0.407 e. The van der Waals surface area contributed by atoms with Crippen molar-refractivity contribution in [3.63, 3.8) is 0 Å². The van der Waals surface area contributed by atoms with Gasteiger partial charge < -0.3 is 25.6 Å². The number of rotatable bonds is 7. The summed E-state index contributed by atoms with van der Waals surface area (Å²) in [7, 11) is 3.30. The molecule has 3 rings (SSSR count). The topological polar surface area (TPSA) is 105 Å². The average molecular weight is 463 g/mol. The number of alkyl halides is 1. The van der Waals surface area contributed by atoms with Crippen LogP contribution in [0.2, 0.25) is 0 Å². The summed E-state index contributed by atoms with van der Waals surface area (Å²) in [5.41, 5.74) is 7.23. The van der Waals surface area contributed by atoms with Crippen LogP contribution in [0.3, 0.4) is 0 Å². The second-order valence-corrected chi connectivity index (χ2v) is 9.27. The highest BCUT2D eigenvalue weighted by Gasteiger charge is 2.42. The Bertz CT molecular complexity index is 814. The number of amides is 3. The number of carbonyl (C=O) groups excluding carboxylic acids is 3. The zero-order chi connectivity index (χ0) is 24.0. The molecule has 2 aliphatic rings. The van der Waals surface area contributed by atoms with E-state index in [1.165, 1.54) is 9.80 Å². The lowest BCUT2D eigenvalue weighted by atomic mass is 9.74. The van der Waals surface area contributed by atoms with Crippen molar-refractivity contribution in [2.24, 2.45) is 17.6 Å². The first kappa shape index (κ1) is 25.0. The van der Waals surface area contributed by atoms with Gasteiger partial charge in [-0.2, -0.15) is 0 Å². The Balaban J connectivity index is 1.54. The van der Waals surface area contributed by atoms with Crippen molar-refractivity contribution >= 4 is 17.9 Å². The highest BCUT2D eigenvalue weighted by Crippen LogP contribution is 2.33. The van der Waals surface area contributed by atoms with Crippen LogP contribution in [0, 0.1) is 11.8 Å². The number of nitrogens with zero attached hydrogens (tertiary/aromatic N) is 2. The third-order valence-electron chi connectivity index (χ3n) is 6.65. The van der Waals surface area contributed by atoms with Crippen LogP contribution in [0.15, 0.2) is 30.3 Å². The van der Waals surface area contributed by atoms with E-state index in [0.717, 1.165) is 5.56 Å². The SMILES string of the molecule is CN(C)C(=O)[C@@H](C1CCC(NC(=O)OCc2ccccc2)CC1)[C@H](N)C(=O)N1CC[C@H](F)C1. The Morgan fingerprint density at radius 2 is 1.82 bits per heavy atom. The van der Waals surface area contributed by atoms with E-state index < -0.39 is 24.2 Å². The average Bonchev–Trinajstić information content (AvgIpc) is 3.25. The predicted octanol–water partition coefficient (Wildman–Crippen LogP) is 2.07. The van der Waals surface area contributed by atoms with E-state index in [9.17, 15) is 18.8 Å². The molecule has 1 aromatic rings. The van der Waals surface area contributed by atoms with Gasteiger partial charge in [-0.05, 0) is 43.6 Å². The molecule has 9 heteroatoms. The van der Waals surface area contributed by atoms with Crippen molar-refractivity contribution < 1.29 is 23.5 Å². The molecular formula is C24H35FN4O4. The van der Waals surface area contributed by atoms with Gasteiger partial charge in [-0.25, -0.2) is 9.18 Å². The molecule has 0 aromatic heterocycles. The van der Waals surface area contributed by atoms with Gasteiger partial charge in [0, 0.05) is 26.7 Å². The van der Waals surface area contributed by atoms with Crippen LogP contribution in [0.25, 0.3) is 0 Å². The quantitative estimate of drug-likeness (QED) is 0.646. The Morgan fingerprint density at radius 3 is 2.39 bits per heavy atom. The van der Waals surface area contributed by atoms with Crippen LogP contribution >= 0.6 is 0 Å². The van der Waals surface area contributed by atoms with Crippen molar-refractivity contribution in [2.75, 3.05) is 27.2 Å². The lowest BCUT2D eigenvalue weighted by molar-refractivity contribution is -0.143. The molecule has 1 aliphatic carbocycles. The lowest BCUT2D eigenvalue weighted by Gasteiger charge is -2.37. The van der Waals surface area contributed by atoms with Gasteiger partial charge in [0.25, 0.3) is 0 Å². The summed E-state index contributed by atoms with van der Waals surface area (Å²) in [5, 5.41) is 2.90. The van der Waals surface area contributed by atoms with E-state index in [1.807, 2.05) is 30.3 Å². The number of hydrogen-bond donors (Lipinski definition) is 2. The van der Waals surface area contributed by atoms with Gasteiger partial charge in [-0.3, -0.25) is 9.59 Å². The largest absolute Gasteiger partial charge is 0.445 e. The van der Waals surface area contributed by atoms with E-state index in [-0.39, 0.29) is 36.9 Å². The molecule has 182 valence electrons. The zero-order valence-corrected chi connectivity index (χ0v) is 19.4. The number of ether oxygens (including phenoxy) is 1. The number of benzene rings is 1. The van der Waals surface area contributed by atoms with Gasteiger partial charge in [0.1, 0.15) is 12.8 Å². The molecule has 1 aliphatic heterocycles. The van der Waals surface area contributed by atoms with Crippen LogP contribution in [-0.2, 0) is 20.9 Å². The van der Waals surface area contributed by atoms with Gasteiger partial charge >= 0.3 is 6.09 Å². The number of nitrogens with one attached hydrogen (secondary N) is 1. The minimum Gasteiger partial charge on any atom is -0.445 e. The van der Waals surface area contributed by atoms with E-state index in [0.29, 0.717) is 38.6 Å². The minimum absolute atomic E-state index is 0.0389. The Morgan fingerprint density at radius 1 is 1.15 bits per heavy atom. The van der Waals surface area contributed by atoms with Gasteiger partial charge in [0.15, 0.2) is 0 Å². The van der Waals surface area contributed by atoms with Crippen LogP contribution in [0.1, 0.15) is 37.7 Å². The number of alkyl carbamates (subject to hydrolysis) is 1. The van der Waals surface area contributed by atoms with Crippen molar-refractivity contribution in [1.29, 1.82) is 0 Å². The third-order valence-corrected chi connectivity index (χ3v) is 6.65. The van der Waals surface area contributed by atoms with Gasteiger partial charge in [0.05, 0.1) is 18.5 Å². The third kappa shape index (κ3) is 6.66. The van der Waals surface area contributed by atoms with E-state index in [1.54, 1.807) is 14.1 Å². The number of hydrogen-bond acceptors (Lipinski definition) is 5. The van der Waals surface area contributed by atoms with Gasteiger partial charge in [-0.15, -0.1) is 0 Å². The first-order valence-electron chi connectivity index (χ1n) is 11.6. The monoisotopic (exact) mass is 462 g/mol. The van der Waals surface area contributed by atoms with Crippen molar-refractivity contribution in [2.45, 2.75) is 57.0 Å². The number of likely N-dealkylation sites (tertiary alicyclic amines) is 1. The van der Waals surface area contributed by atoms with E-state index in [4.69, 9.17) is 10.5 Å². The molecule has 0 unspecified atom stereocenters.